The maximum Gasteiger partial charge on any atom is 0.0400 e. The van der Waals surface area contributed by atoms with Crippen LogP contribution in [0.5, 0.6) is 0 Å². The molecule has 0 aliphatic carbocycles. The molecule has 0 aliphatic heterocycles. The van der Waals surface area contributed by atoms with Gasteiger partial charge in [0.2, 0.25) is 0 Å². The van der Waals surface area contributed by atoms with Crippen LogP contribution in [0.15, 0.2) is 42.5 Å². The molecule has 2 aromatic carbocycles. The Balaban J connectivity index is 2.04. The number of hydrogen-bond acceptors (Lipinski definition) is 1. The second kappa shape index (κ2) is 5.72. The minimum Gasteiger partial charge on any atom is -0.381 e. The van der Waals surface area contributed by atoms with Gasteiger partial charge in [-0.25, -0.2) is 0 Å². The molecule has 1 heteroatoms. The molecule has 0 radical (unpaired) electrons. The Labute approximate surface area is 110 Å². The summed E-state index contributed by atoms with van der Waals surface area (Å²) < 4.78 is 0. The highest BCUT2D eigenvalue weighted by atomic mass is 14.9. The van der Waals surface area contributed by atoms with Crippen molar-refractivity contribution >= 4 is 5.69 Å². The Morgan fingerprint density at radius 2 is 1.56 bits per heavy atom. The maximum atomic E-state index is 3.51. The molecule has 0 heterocycles. The summed E-state index contributed by atoms with van der Waals surface area (Å²) >= 11 is 0. The molecule has 1 nitrogen and oxygen atoms in total. The predicted octanol–water partition coefficient (Wildman–Crippen LogP) is 4.48. The largest absolute Gasteiger partial charge is 0.381 e. The zero-order chi connectivity index (χ0) is 13.0. The zero-order valence-electron chi connectivity index (χ0n) is 11.5. The number of rotatable bonds is 4. The molecule has 0 amide bonds. The molecule has 0 saturated carbocycles. The summed E-state index contributed by atoms with van der Waals surface area (Å²) in [6.45, 7) is 7.33. The van der Waals surface area contributed by atoms with Gasteiger partial charge in [-0.1, -0.05) is 43.3 Å². The summed E-state index contributed by atoms with van der Waals surface area (Å²) in [5.74, 6) is 0. The molecule has 2 rings (SSSR count). The highest BCUT2D eigenvalue weighted by Crippen LogP contribution is 2.17. The van der Waals surface area contributed by atoms with Crippen molar-refractivity contribution in [2.75, 3.05) is 5.32 Å². The smallest absolute Gasteiger partial charge is 0.0400 e. The quantitative estimate of drug-likeness (QED) is 0.829. The van der Waals surface area contributed by atoms with Crippen LogP contribution in [0, 0.1) is 13.8 Å². The molecular weight excluding hydrogens is 218 g/mol. The van der Waals surface area contributed by atoms with Gasteiger partial charge in [0.25, 0.3) is 0 Å². The van der Waals surface area contributed by atoms with Crippen LogP contribution in [0.2, 0.25) is 0 Å². The first-order chi connectivity index (χ1) is 8.69. The van der Waals surface area contributed by atoms with Gasteiger partial charge >= 0.3 is 0 Å². The lowest BCUT2D eigenvalue weighted by Crippen LogP contribution is -2.01. The average molecular weight is 239 g/mol. The third-order valence-corrected chi connectivity index (χ3v) is 3.31. The predicted molar refractivity (Wildman–Crippen MR) is 79.1 cm³/mol. The maximum absolute atomic E-state index is 3.51. The van der Waals surface area contributed by atoms with E-state index in [2.05, 4.69) is 68.6 Å². The van der Waals surface area contributed by atoms with Crippen LogP contribution in [-0.2, 0) is 13.0 Å². The SMILES string of the molecule is CCc1ccc(CNc2cc(C)ccc2C)cc1. The van der Waals surface area contributed by atoms with Crippen molar-refractivity contribution in [3.05, 3.63) is 64.7 Å². The van der Waals surface area contributed by atoms with Crippen molar-refractivity contribution in [2.45, 2.75) is 33.7 Å². The van der Waals surface area contributed by atoms with Crippen molar-refractivity contribution in [3.8, 4) is 0 Å². The first-order valence-corrected chi connectivity index (χ1v) is 6.58. The first kappa shape index (κ1) is 12.7. The summed E-state index contributed by atoms with van der Waals surface area (Å²) in [7, 11) is 0. The number of nitrogens with one attached hydrogen (secondary N) is 1. The Morgan fingerprint density at radius 1 is 0.889 bits per heavy atom. The van der Waals surface area contributed by atoms with Crippen LogP contribution in [0.3, 0.4) is 0 Å². The van der Waals surface area contributed by atoms with E-state index < -0.39 is 0 Å². The van der Waals surface area contributed by atoms with E-state index in [-0.39, 0.29) is 0 Å². The van der Waals surface area contributed by atoms with E-state index in [1.165, 1.54) is 27.9 Å². The summed E-state index contributed by atoms with van der Waals surface area (Å²) in [5.41, 5.74) is 6.54. The van der Waals surface area contributed by atoms with E-state index in [1.54, 1.807) is 0 Å². The van der Waals surface area contributed by atoms with Gasteiger partial charge in [-0.15, -0.1) is 0 Å². The highest BCUT2D eigenvalue weighted by molar-refractivity contribution is 5.52. The van der Waals surface area contributed by atoms with Crippen molar-refractivity contribution in [3.63, 3.8) is 0 Å². The van der Waals surface area contributed by atoms with Gasteiger partial charge in [0, 0.05) is 12.2 Å². The van der Waals surface area contributed by atoms with E-state index >= 15 is 0 Å². The highest BCUT2D eigenvalue weighted by Gasteiger charge is 1.99. The molecule has 94 valence electrons. The van der Waals surface area contributed by atoms with E-state index in [4.69, 9.17) is 0 Å². The van der Waals surface area contributed by atoms with Crippen LogP contribution < -0.4 is 5.32 Å². The lowest BCUT2D eigenvalue weighted by atomic mass is 10.1. The van der Waals surface area contributed by atoms with Gasteiger partial charge in [-0.05, 0) is 48.6 Å². The van der Waals surface area contributed by atoms with Crippen molar-refractivity contribution in [1.29, 1.82) is 0 Å². The fraction of sp³-hybridized carbons (Fsp3) is 0.294. The van der Waals surface area contributed by atoms with Crippen LogP contribution in [0.1, 0.15) is 29.2 Å². The topological polar surface area (TPSA) is 12.0 Å². The lowest BCUT2D eigenvalue weighted by molar-refractivity contribution is 1.10. The standard InChI is InChI=1S/C17H21N/c1-4-15-7-9-16(10-8-15)12-18-17-11-13(2)5-6-14(17)3/h5-11,18H,4,12H2,1-3H3. The van der Waals surface area contributed by atoms with Crippen LogP contribution in [0.4, 0.5) is 5.69 Å². The van der Waals surface area contributed by atoms with E-state index in [9.17, 15) is 0 Å². The Kier molecular flexibility index (Phi) is 4.03. The third-order valence-electron chi connectivity index (χ3n) is 3.31. The van der Waals surface area contributed by atoms with Gasteiger partial charge in [-0.3, -0.25) is 0 Å². The zero-order valence-corrected chi connectivity index (χ0v) is 11.5. The minimum atomic E-state index is 0.883. The summed E-state index contributed by atoms with van der Waals surface area (Å²) in [4.78, 5) is 0. The molecule has 2 aromatic rings. The van der Waals surface area contributed by atoms with Gasteiger partial charge in [0.1, 0.15) is 0 Å². The third kappa shape index (κ3) is 3.13. The van der Waals surface area contributed by atoms with Crippen LogP contribution >= 0.6 is 0 Å². The number of aryl methyl sites for hydroxylation is 3. The monoisotopic (exact) mass is 239 g/mol. The van der Waals surface area contributed by atoms with E-state index in [0.717, 1.165) is 13.0 Å². The van der Waals surface area contributed by atoms with Crippen molar-refractivity contribution < 1.29 is 0 Å². The Morgan fingerprint density at radius 3 is 2.22 bits per heavy atom. The second-order valence-electron chi connectivity index (χ2n) is 4.84. The summed E-state index contributed by atoms with van der Waals surface area (Å²) in [6.07, 6.45) is 1.10. The van der Waals surface area contributed by atoms with Crippen LogP contribution in [-0.4, -0.2) is 0 Å². The Bertz CT molecular complexity index is 512. The molecule has 0 aromatic heterocycles. The average Bonchev–Trinajstić information content (AvgIpc) is 2.40. The molecule has 18 heavy (non-hydrogen) atoms. The van der Waals surface area contributed by atoms with Crippen molar-refractivity contribution in [1.82, 2.24) is 0 Å². The molecule has 1 N–H and O–H groups in total. The van der Waals surface area contributed by atoms with Gasteiger partial charge in [0.15, 0.2) is 0 Å². The molecule has 0 saturated heterocycles. The first-order valence-electron chi connectivity index (χ1n) is 6.58. The molecule has 0 fully saturated rings. The second-order valence-corrected chi connectivity index (χ2v) is 4.84. The molecular formula is C17H21N. The summed E-state index contributed by atoms with van der Waals surface area (Å²) in [6, 6.07) is 15.3. The molecule has 0 aliphatic rings. The van der Waals surface area contributed by atoms with E-state index in [0.29, 0.717) is 0 Å². The summed E-state index contributed by atoms with van der Waals surface area (Å²) in [5, 5.41) is 3.51. The molecule has 0 spiro atoms. The van der Waals surface area contributed by atoms with Crippen LogP contribution in [0.25, 0.3) is 0 Å². The number of anilines is 1. The van der Waals surface area contributed by atoms with Gasteiger partial charge in [-0.2, -0.15) is 0 Å². The molecule has 0 bridgehead atoms. The Hall–Kier alpha value is -1.76. The fourth-order valence-electron chi connectivity index (χ4n) is 2.02. The molecule has 0 atom stereocenters. The number of benzene rings is 2. The van der Waals surface area contributed by atoms with Gasteiger partial charge < -0.3 is 5.32 Å². The van der Waals surface area contributed by atoms with Gasteiger partial charge in [0.05, 0.1) is 0 Å². The van der Waals surface area contributed by atoms with Crippen molar-refractivity contribution in [2.24, 2.45) is 0 Å². The van der Waals surface area contributed by atoms with E-state index in [1.807, 2.05) is 0 Å². The normalized spacial score (nSPS) is 10.4. The minimum absolute atomic E-state index is 0.883. The lowest BCUT2D eigenvalue weighted by Gasteiger charge is -2.11. The fourth-order valence-corrected chi connectivity index (χ4v) is 2.02. The molecule has 0 unspecified atom stereocenters. The number of hydrogen-bond donors (Lipinski definition) is 1.